The van der Waals surface area contributed by atoms with Crippen molar-refractivity contribution in [3.63, 3.8) is 0 Å². The van der Waals surface area contributed by atoms with Crippen LogP contribution < -0.4 is 21.5 Å². The minimum Gasteiger partial charge on any atom is -0.390 e. The highest BCUT2D eigenvalue weighted by Gasteiger charge is 2.50. The van der Waals surface area contributed by atoms with Crippen LogP contribution >= 0.6 is 11.6 Å². The van der Waals surface area contributed by atoms with Crippen LogP contribution in [-0.4, -0.2) is 100 Å². The fraction of sp³-hybridized carbons (Fsp3) is 0.903. The molecule has 0 aromatic carbocycles. The molecule has 244 valence electrons. The molecule has 0 radical (unpaired) electrons. The predicted molar refractivity (Wildman–Crippen MR) is 165 cm³/mol. The summed E-state index contributed by atoms with van der Waals surface area (Å²) in [6.07, 6.45) is 8.09. The van der Waals surface area contributed by atoms with Crippen molar-refractivity contribution in [1.29, 1.82) is 0 Å². The molecule has 2 amide bonds. The molecule has 1 saturated heterocycles. The van der Waals surface area contributed by atoms with Gasteiger partial charge >= 0.3 is 0 Å². The molecular formula is C31H53ClN6O5. The summed E-state index contributed by atoms with van der Waals surface area (Å²) in [7, 11) is 0. The SMILES string of the molecule is CCNC(=O)C[C@@H]1N=C(C2CCC(Cl)CC2)C2CC(OCCCNC(=O)C3CCC(O)C(O)C3)CCC2N2C(C)NNC12. The van der Waals surface area contributed by atoms with Crippen LogP contribution in [0.15, 0.2) is 4.99 Å². The summed E-state index contributed by atoms with van der Waals surface area (Å²) in [5.41, 5.74) is 8.17. The predicted octanol–water partition coefficient (Wildman–Crippen LogP) is 1.80. The first-order valence-corrected chi connectivity index (χ1v) is 17.2. The largest absolute Gasteiger partial charge is 0.390 e. The zero-order chi connectivity index (χ0) is 30.5. The molecule has 3 aliphatic carbocycles. The fourth-order valence-electron chi connectivity index (χ4n) is 8.10. The monoisotopic (exact) mass is 624 g/mol. The molecule has 4 fully saturated rings. The molecule has 0 aromatic heterocycles. The summed E-state index contributed by atoms with van der Waals surface area (Å²) in [4.78, 5) is 33.3. The lowest BCUT2D eigenvalue weighted by Crippen LogP contribution is -2.55. The summed E-state index contributed by atoms with van der Waals surface area (Å²) in [5, 5.41) is 25.8. The number of nitrogens with one attached hydrogen (secondary N) is 4. The van der Waals surface area contributed by atoms with Gasteiger partial charge in [0.15, 0.2) is 0 Å². The van der Waals surface area contributed by atoms with Crippen molar-refractivity contribution in [2.75, 3.05) is 19.7 Å². The van der Waals surface area contributed by atoms with E-state index in [-0.39, 0.29) is 53.5 Å². The van der Waals surface area contributed by atoms with E-state index in [0.717, 1.165) is 51.4 Å². The number of carbonyl (C=O) groups excluding carboxylic acids is 2. The normalized spacial score (nSPS) is 40.1. The number of aliphatic imine (C=N–C) groups is 1. The highest BCUT2D eigenvalue weighted by atomic mass is 35.5. The van der Waals surface area contributed by atoms with Crippen molar-refractivity contribution in [3.05, 3.63) is 0 Å². The second-order valence-corrected chi connectivity index (χ2v) is 14.0. The molecule has 43 heavy (non-hydrogen) atoms. The number of amides is 2. The van der Waals surface area contributed by atoms with Crippen LogP contribution in [0.25, 0.3) is 0 Å². The van der Waals surface area contributed by atoms with E-state index < -0.39 is 12.2 Å². The molecule has 8 unspecified atom stereocenters. The van der Waals surface area contributed by atoms with Gasteiger partial charge in [-0.1, -0.05) is 0 Å². The smallest absolute Gasteiger partial charge is 0.223 e. The van der Waals surface area contributed by atoms with E-state index >= 15 is 0 Å². The van der Waals surface area contributed by atoms with Crippen molar-refractivity contribution in [3.8, 4) is 0 Å². The van der Waals surface area contributed by atoms with E-state index in [1.807, 2.05) is 6.92 Å². The minimum absolute atomic E-state index is 0.0387. The van der Waals surface area contributed by atoms with Crippen molar-refractivity contribution in [2.45, 2.75) is 139 Å². The first kappa shape index (κ1) is 33.0. The zero-order valence-electron chi connectivity index (χ0n) is 25.8. The third-order valence-corrected chi connectivity index (χ3v) is 10.8. The number of hydrogen-bond donors (Lipinski definition) is 6. The molecule has 0 aromatic rings. The molecule has 2 heterocycles. The van der Waals surface area contributed by atoms with Crippen LogP contribution in [0.4, 0.5) is 0 Å². The number of hydrogen-bond acceptors (Lipinski definition) is 9. The number of ether oxygens (including phenoxy) is 1. The van der Waals surface area contributed by atoms with Gasteiger partial charge in [0.05, 0.1) is 43.1 Å². The maximum Gasteiger partial charge on any atom is 0.223 e. The lowest BCUT2D eigenvalue weighted by atomic mass is 9.72. The molecule has 3 saturated carbocycles. The lowest BCUT2D eigenvalue weighted by molar-refractivity contribution is -0.129. The Morgan fingerprint density at radius 3 is 2.56 bits per heavy atom. The maximum atomic E-state index is 12.8. The number of aliphatic hydroxyl groups excluding tert-OH is 2. The van der Waals surface area contributed by atoms with Crippen molar-refractivity contribution >= 4 is 29.1 Å². The number of nitrogens with zero attached hydrogens (tertiary/aromatic N) is 2. The molecule has 9 atom stereocenters. The van der Waals surface area contributed by atoms with E-state index in [4.69, 9.17) is 21.3 Å². The van der Waals surface area contributed by atoms with Gasteiger partial charge < -0.3 is 25.6 Å². The van der Waals surface area contributed by atoms with E-state index in [2.05, 4.69) is 33.3 Å². The third-order valence-electron chi connectivity index (χ3n) is 10.4. The van der Waals surface area contributed by atoms with E-state index in [0.29, 0.717) is 57.3 Å². The Balaban J connectivity index is 1.22. The van der Waals surface area contributed by atoms with Crippen LogP contribution in [0.2, 0.25) is 0 Å². The topological polar surface area (TPSA) is 148 Å². The Labute approximate surface area is 261 Å². The Hall–Kier alpha value is -1.34. The van der Waals surface area contributed by atoms with Gasteiger partial charge in [0.2, 0.25) is 11.8 Å². The number of fused-ring (bicyclic) bond motifs is 3. The molecular weight excluding hydrogens is 572 g/mol. The summed E-state index contributed by atoms with van der Waals surface area (Å²) in [6.45, 7) is 5.85. The van der Waals surface area contributed by atoms with E-state index in [1.54, 1.807) is 0 Å². The Morgan fingerprint density at radius 1 is 1.02 bits per heavy atom. The lowest BCUT2D eigenvalue weighted by Gasteiger charge is -2.44. The highest BCUT2D eigenvalue weighted by molar-refractivity contribution is 6.20. The average Bonchev–Trinajstić information content (AvgIpc) is 3.31. The van der Waals surface area contributed by atoms with Gasteiger partial charge in [0.25, 0.3) is 0 Å². The van der Waals surface area contributed by atoms with Gasteiger partial charge in [-0.05, 0) is 90.4 Å². The number of alkyl halides is 1. The summed E-state index contributed by atoms with van der Waals surface area (Å²) in [5.74, 6) is 0.396. The van der Waals surface area contributed by atoms with Crippen LogP contribution in [0.5, 0.6) is 0 Å². The number of rotatable bonds is 10. The molecule has 5 aliphatic rings. The third kappa shape index (κ3) is 8.09. The molecule has 11 nitrogen and oxygen atoms in total. The number of aliphatic hydroxyl groups is 2. The summed E-state index contributed by atoms with van der Waals surface area (Å²) < 4.78 is 6.43. The number of carbonyl (C=O) groups is 2. The molecule has 6 N–H and O–H groups in total. The van der Waals surface area contributed by atoms with Crippen molar-refractivity contribution < 1.29 is 24.5 Å². The number of hydrazine groups is 1. The Morgan fingerprint density at radius 2 is 1.81 bits per heavy atom. The minimum atomic E-state index is -0.820. The second-order valence-electron chi connectivity index (χ2n) is 13.4. The number of halogens is 1. The van der Waals surface area contributed by atoms with Gasteiger partial charge in [0, 0.05) is 48.7 Å². The van der Waals surface area contributed by atoms with Crippen LogP contribution in [-0.2, 0) is 14.3 Å². The molecule has 5 rings (SSSR count). The highest BCUT2D eigenvalue weighted by Crippen LogP contribution is 2.42. The van der Waals surface area contributed by atoms with Gasteiger partial charge in [-0.25, -0.2) is 10.9 Å². The summed E-state index contributed by atoms with van der Waals surface area (Å²) in [6, 6.07) is 0.146. The van der Waals surface area contributed by atoms with Crippen LogP contribution in [0.3, 0.4) is 0 Å². The molecule has 0 spiro atoms. The standard InChI is InChI=1S/C31H53ClN6O5/c1-3-33-28(41)17-24-30-37-36-18(2)38(30)25-11-10-22(16-23(25)29(35-24)19-5-8-21(32)9-6-19)43-14-4-13-34-31(42)20-7-12-26(39)27(40)15-20/h18-27,30,36-37,39-40H,3-17H2,1-2H3,(H,33,41)(H,34,42)/t18?,19?,20?,21?,22?,23?,24-,25?,26?,27?,30?/m0/s1. The van der Waals surface area contributed by atoms with Gasteiger partial charge in [-0.3, -0.25) is 19.5 Å². The zero-order valence-corrected chi connectivity index (χ0v) is 26.6. The van der Waals surface area contributed by atoms with Crippen LogP contribution in [0.1, 0.15) is 90.9 Å². The average molecular weight is 625 g/mol. The Bertz CT molecular complexity index is 980. The second kappa shape index (κ2) is 15.3. The maximum absolute atomic E-state index is 12.8. The fourth-order valence-corrected chi connectivity index (χ4v) is 8.36. The van der Waals surface area contributed by atoms with Crippen LogP contribution in [0, 0.1) is 17.8 Å². The van der Waals surface area contributed by atoms with Gasteiger partial charge in [-0.15, -0.1) is 11.6 Å². The van der Waals surface area contributed by atoms with E-state index in [9.17, 15) is 19.8 Å². The molecule has 12 heteroatoms. The summed E-state index contributed by atoms with van der Waals surface area (Å²) >= 11 is 6.51. The Kier molecular flexibility index (Phi) is 11.8. The first-order chi connectivity index (χ1) is 20.7. The van der Waals surface area contributed by atoms with Gasteiger partial charge in [-0.2, -0.15) is 0 Å². The first-order valence-electron chi connectivity index (χ1n) is 16.8. The van der Waals surface area contributed by atoms with Crippen molar-refractivity contribution in [2.24, 2.45) is 22.7 Å². The van der Waals surface area contributed by atoms with Crippen molar-refractivity contribution in [1.82, 2.24) is 26.4 Å². The quantitative estimate of drug-likeness (QED) is 0.159. The van der Waals surface area contributed by atoms with E-state index in [1.165, 1.54) is 5.71 Å². The molecule has 2 aliphatic heterocycles. The molecule has 0 bridgehead atoms. The van der Waals surface area contributed by atoms with Gasteiger partial charge in [0.1, 0.15) is 0 Å².